The van der Waals surface area contributed by atoms with Gasteiger partial charge in [0.15, 0.2) is 5.11 Å². The third-order valence-corrected chi connectivity index (χ3v) is 6.36. The first-order valence-electron chi connectivity index (χ1n) is 11.6. The van der Waals surface area contributed by atoms with Crippen LogP contribution in [0.15, 0.2) is 36.9 Å². The second-order valence-corrected chi connectivity index (χ2v) is 8.94. The maximum Gasteiger partial charge on any atom is 0.173 e. The summed E-state index contributed by atoms with van der Waals surface area (Å²) >= 11 is 5.59. The lowest BCUT2D eigenvalue weighted by Crippen LogP contribution is -2.39. The lowest BCUT2D eigenvalue weighted by molar-refractivity contribution is 0.300. The molecule has 0 bridgehead atoms. The van der Waals surface area contributed by atoms with Crippen molar-refractivity contribution < 1.29 is 4.74 Å². The number of unbranched alkanes of at least 4 members (excludes halogenated alkanes) is 3. The topological polar surface area (TPSA) is 27.7 Å². The number of hydrogen-bond acceptors (Lipinski definition) is 3. The summed E-state index contributed by atoms with van der Waals surface area (Å²) in [5.41, 5.74) is 1.09. The van der Waals surface area contributed by atoms with Gasteiger partial charge in [-0.2, -0.15) is 0 Å². The van der Waals surface area contributed by atoms with Gasteiger partial charge in [-0.25, -0.2) is 0 Å². The van der Waals surface area contributed by atoms with Gasteiger partial charge in [0.2, 0.25) is 0 Å². The van der Waals surface area contributed by atoms with Gasteiger partial charge in [-0.05, 0) is 81.7 Å². The molecule has 1 aliphatic carbocycles. The van der Waals surface area contributed by atoms with Crippen LogP contribution in [0.25, 0.3) is 0 Å². The van der Waals surface area contributed by atoms with Crippen molar-refractivity contribution in [3.63, 3.8) is 0 Å². The Morgan fingerprint density at radius 3 is 2.50 bits per heavy atom. The molecule has 1 aliphatic rings. The zero-order chi connectivity index (χ0) is 21.6. The van der Waals surface area contributed by atoms with E-state index in [-0.39, 0.29) is 0 Å². The SMILES string of the molecule is C=CCN(C)CCCCCCOc1ccc(N(C)C(=S)NCC2CCCCC2)cc1. The van der Waals surface area contributed by atoms with Crippen LogP contribution in [-0.4, -0.2) is 50.3 Å². The highest BCUT2D eigenvalue weighted by Gasteiger charge is 2.14. The number of nitrogens with zero attached hydrogens (tertiary/aromatic N) is 2. The Balaban J connectivity index is 1.60. The summed E-state index contributed by atoms with van der Waals surface area (Å²) in [4.78, 5) is 4.35. The van der Waals surface area contributed by atoms with Crippen LogP contribution in [0.2, 0.25) is 0 Å². The van der Waals surface area contributed by atoms with Crippen molar-refractivity contribution in [2.45, 2.75) is 57.8 Å². The van der Waals surface area contributed by atoms with Gasteiger partial charge in [-0.3, -0.25) is 0 Å². The molecule has 1 fully saturated rings. The number of thiocarbonyl (C=S) groups is 1. The average Bonchev–Trinajstić information content (AvgIpc) is 2.77. The van der Waals surface area contributed by atoms with E-state index in [1.54, 1.807) is 0 Å². The van der Waals surface area contributed by atoms with E-state index in [4.69, 9.17) is 17.0 Å². The van der Waals surface area contributed by atoms with E-state index in [0.717, 1.165) is 55.1 Å². The van der Waals surface area contributed by atoms with Crippen LogP contribution in [0.4, 0.5) is 5.69 Å². The van der Waals surface area contributed by atoms with Gasteiger partial charge in [-0.15, -0.1) is 6.58 Å². The molecule has 0 aliphatic heterocycles. The summed E-state index contributed by atoms with van der Waals surface area (Å²) in [5, 5.41) is 4.26. The van der Waals surface area contributed by atoms with Gasteiger partial charge in [0, 0.05) is 25.8 Å². The monoisotopic (exact) mass is 431 g/mol. The molecule has 5 heteroatoms. The number of benzene rings is 1. The number of hydrogen-bond donors (Lipinski definition) is 1. The normalized spacial score (nSPS) is 14.5. The predicted octanol–water partition coefficient (Wildman–Crippen LogP) is 5.63. The van der Waals surface area contributed by atoms with Crippen molar-refractivity contribution in [3.8, 4) is 5.75 Å². The summed E-state index contributed by atoms with van der Waals surface area (Å²) in [6.07, 6.45) is 13.5. The first-order valence-corrected chi connectivity index (χ1v) is 12.0. The van der Waals surface area contributed by atoms with E-state index in [2.05, 4.69) is 36.0 Å². The molecular weight excluding hydrogens is 390 g/mol. The summed E-state index contributed by atoms with van der Waals surface area (Å²) in [6, 6.07) is 8.25. The average molecular weight is 432 g/mol. The van der Waals surface area contributed by atoms with Crippen molar-refractivity contribution in [2.24, 2.45) is 5.92 Å². The summed E-state index contributed by atoms with van der Waals surface area (Å²) < 4.78 is 5.90. The Morgan fingerprint density at radius 2 is 1.80 bits per heavy atom. The molecule has 30 heavy (non-hydrogen) atoms. The molecule has 1 aromatic rings. The van der Waals surface area contributed by atoms with Gasteiger partial charge < -0.3 is 19.9 Å². The van der Waals surface area contributed by atoms with Crippen molar-refractivity contribution in [1.29, 1.82) is 0 Å². The lowest BCUT2D eigenvalue weighted by atomic mass is 9.89. The fourth-order valence-corrected chi connectivity index (χ4v) is 4.15. The molecule has 168 valence electrons. The second-order valence-electron chi connectivity index (χ2n) is 8.56. The minimum atomic E-state index is 0.772. The molecule has 0 radical (unpaired) electrons. The first kappa shape index (κ1) is 24.7. The van der Waals surface area contributed by atoms with Gasteiger partial charge in [0.05, 0.1) is 6.61 Å². The van der Waals surface area contributed by atoms with Crippen LogP contribution in [0.5, 0.6) is 5.75 Å². The van der Waals surface area contributed by atoms with Crippen LogP contribution in [-0.2, 0) is 0 Å². The number of likely N-dealkylation sites (N-methyl/N-ethyl adjacent to an activating group) is 1. The van der Waals surface area contributed by atoms with E-state index >= 15 is 0 Å². The first-order chi connectivity index (χ1) is 14.6. The fourth-order valence-electron chi connectivity index (χ4n) is 3.96. The number of anilines is 1. The van der Waals surface area contributed by atoms with E-state index in [9.17, 15) is 0 Å². The molecule has 0 unspecified atom stereocenters. The van der Waals surface area contributed by atoms with E-state index in [0.29, 0.717) is 0 Å². The zero-order valence-electron chi connectivity index (χ0n) is 19.1. The Morgan fingerprint density at radius 1 is 1.10 bits per heavy atom. The van der Waals surface area contributed by atoms with Crippen molar-refractivity contribution in [1.82, 2.24) is 10.2 Å². The Kier molecular flexibility index (Phi) is 11.9. The van der Waals surface area contributed by atoms with Crippen LogP contribution >= 0.6 is 12.2 Å². The molecule has 0 atom stereocenters. The van der Waals surface area contributed by atoms with E-state index < -0.39 is 0 Å². The van der Waals surface area contributed by atoms with Crippen LogP contribution < -0.4 is 15.0 Å². The Bertz CT molecular complexity index is 613. The highest BCUT2D eigenvalue weighted by atomic mass is 32.1. The highest BCUT2D eigenvalue weighted by molar-refractivity contribution is 7.80. The molecule has 4 nitrogen and oxygen atoms in total. The molecule has 0 aromatic heterocycles. The molecule has 2 rings (SSSR count). The third-order valence-electron chi connectivity index (χ3n) is 5.94. The molecule has 0 saturated heterocycles. The van der Waals surface area contributed by atoms with Crippen LogP contribution in [0.1, 0.15) is 57.8 Å². The van der Waals surface area contributed by atoms with Crippen molar-refractivity contribution in [2.75, 3.05) is 45.2 Å². The molecule has 0 spiro atoms. The van der Waals surface area contributed by atoms with Crippen molar-refractivity contribution in [3.05, 3.63) is 36.9 Å². The molecule has 1 aromatic carbocycles. The zero-order valence-corrected chi connectivity index (χ0v) is 19.9. The molecular formula is C25H41N3OS. The third kappa shape index (κ3) is 9.48. The quantitative estimate of drug-likeness (QED) is 0.248. The van der Waals surface area contributed by atoms with Gasteiger partial charge in [0.25, 0.3) is 0 Å². The standard InChI is InChI=1S/C25H41N3OS/c1-4-18-27(2)19-10-5-6-11-20-29-24-16-14-23(15-17-24)28(3)25(30)26-21-22-12-8-7-9-13-22/h4,14-17,22H,1,5-13,18-21H2,2-3H3,(H,26,30). The summed E-state index contributed by atoms with van der Waals surface area (Å²) in [5.74, 6) is 1.70. The van der Waals surface area contributed by atoms with Gasteiger partial charge in [-0.1, -0.05) is 38.2 Å². The van der Waals surface area contributed by atoms with Crippen molar-refractivity contribution >= 4 is 23.0 Å². The fraction of sp³-hybridized carbons (Fsp3) is 0.640. The number of nitrogens with one attached hydrogen (secondary N) is 1. The lowest BCUT2D eigenvalue weighted by Gasteiger charge is -2.26. The maximum atomic E-state index is 5.90. The second kappa shape index (κ2) is 14.4. The Hall–Kier alpha value is -1.59. The van der Waals surface area contributed by atoms with E-state index in [1.165, 1.54) is 51.4 Å². The van der Waals surface area contributed by atoms with Crippen LogP contribution in [0.3, 0.4) is 0 Å². The summed E-state index contributed by atoms with van der Waals surface area (Å²) in [7, 11) is 4.17. The maximum absolute atomic E-state index is 5.90. The van der Waals surface area contributed by atoms with Gasteiger partial charge >= 0.3 is 0 Å². The minimum Gasteiger partial charge on any atom is -0.494 e. The van der Waals surface area contributed by atoms with Gasteiger partial charge in [0.1, 0.15) is 5.75 Å². The molecule has 1 saturated carbocycles. The summed E-state index contributed by atoms with van der Waals surface area (Å²) in [6.45, 7) is 7.65. The molecule has 1 N–H and O–H groups in total. The molecule has 0 heterocycles. The smallest absolute Gasteiger partial charge is 0.173 e. The number of rotatable bonds is 13. The van der Waals surface area contributed by atoms with Crippen LogP contribution in [0, 0.1) is 5.92 Å². The van der Waals surface area contributed by atoms with E-state index in [1.807, 2.05) is 30.2 Å². The number of ether oxygens (including phenoxy) is 1. The predicted molar refractivity (Wildman–Crippen MR) is 134 cm³/mol. The minimum absolute atomic E-state index is 0.772. The highest BCUT2D eigenvalue weighted by Crippen LogP contribution is 2.23. The Labute approximate surface area is 189 Å². The largest absolute Gasteiger partial charge is 0.494 e. The molecule has 0 amide bonds.